The van der Waals surface area contributed by atoms with E-state index in [-0.39, 0.29) is 5.58 Å². The maximum Gasteiger partial charge on any atom is 0.169 e. The lowest BCUT2D eigenvalue weighted by molar-refractivity contribution is 0.464. The lowest BCUT2D eigenvalue weighted by atomic mass is 10.0. The summed E-state index contributed by atoms with van der Waals surface area (Å²) < 4.78 is 32.6. The zero-order chi connectivity index (χ0) is 15.0. The average molecular weight is 289 g/mol. The molecule has 1 atom stereocenters. The number of rotatable bonds is 3. The van der Waals surface area contributed by atoms with Gasteiger partial charge in [0.05, 0.1) is 0 Å². The molecular weight excluding hydrogens is 276 g/mol. The molecule has 1 aromatic heterocycles. The maximum atomic E-state index is 13.7. The molecular formula is C15H13F2N3O. The number of nitrogens with one attached hydrogen (secondary N) is 1. The molecule has 5 N–H and O–H groups in total. The van der Waals surface area contributed by atoms with Gasteiger partial charge in [0.15, 0.2) is 11.4 Å². The van der Waals surface area contributed by atoms with Gasteiger partial charge < -0.3 is 10.2 Å². The minimum absolute atomic E-state index is 0.128. The minimum Gasteiger partial charge on any atom is -0.456 e. The molecule has 0 bridgehead atoms. The zero-order valence-corrected chi connectivity index (χ0v) is 10.9. The van der Waals surface area contributed by atoms with E-state index in [0.29, 0.717) is 22.4 Å². The summed E-state index contributed by atoms with van der Waals surface area (Å²) in [6.07, 6.45) is 0. The summed E-state index contributed by atoms with van der Waals surface area (Å²) in [7, 11) is 0. The summed E-state index contributed by atoms with van der Waals surface area (Å²) in [4.78, 5) is 0. The van der Waals surface area contributed by atoms with Gasteiger partial charge in [0, 0.05) is 16.6 Å². The number of halogens is 2. The van der Waals surface area contributed by atoms with Crippen LogP contribution in [0.25, 0.3) is 11.0 Å². The zero-order valence-electron chi connectivity index (χ0n) is 10.9. The molecule has 1 unspecified atom stereocenters. The summed E-state index contributed by atoms with van der Waals surface area (Å²) in [5, 5.41) is 0.597. The van der Waals surface area contributed by atoms with Crippen molar-refractivity contribution in [1.29, 1.82) is 0 Å². The van der Waals surface area contributed by atoms with E-state index >= 15 is 0 Å². The highest BCUT2D eigenvalue weighted by Crippen LogP contribution is 2.31. The van der Waals surface area contributed by atoms with E-state index in [1.54, 1.807) is 18.2 Å². The number of hydrogen-bond acceptors (Lipinski definition) is 4. The molecule has 0 spiro atoms. The summed E-state index contributed by atoms with van der Waals surface area (Å²) in [6, 6.07) is 9.54. The lowest BCUT2D eigenvalue weighted by Gasteiger charge is -2.16. The van der Waals surface area contributed by atoms with E-state index < -0.39 is 17.7 Å². The monoisotopic (exact) mass is 289 g/mol. The Kier molecular flexibility index (Phi) is 3.32. The molecule has 0 saturated heterocycles. The molecule has 4 nitrogen and oxygen atoms in total. The Morgan fingerprint density at radius 2 is 1.90 bits per heavy atom. The van der Waals surface area contributed by atoms with Gasteiger partial charge in [-0.25, -0.2) is 14.2 Å². The van der Waals surface area contributed by atoms with E-state index in [0.717, 1.165) is 0 Å². The van der Waals surface area contributed by atoms with Gasteiger partial charge in [-0.05, 0) is 30.3 Å². The maximum absolute atomic E-state index is 13.7. The molecule has 0 fully saturated rings. The van der Waals surface area contributed by atoms with E-state index in [2.05, 4.69) is 5.43 Å². The SMILES string of the molecule is NNC(c1cc2cccc(F)c2o1)c1cc(F)ccc1N. The van der Waals surface area contributed by atoms with Crippen LogP contribution in [-0.2, 0) is 0 Å². The third-order valence-corrected chi connectivity index (χ3v) is 3.33. The molecule has 0 amide bonds. The summed E-state index contributed by atoms with van der Waals surface area (Å²) >= 11 is 0. The van der Waals surface area contributed by atoms with E-state index in [4.69, 9.17) is 16.0 Å². The third-order valence-electron chi connectivity index (χ3n) is 3.33. The molecule has 0 aliphatic rings. The van der Waals surface area contributed by atoms with Crippen LogP contribution in [-0.4, -0.2) is 0 Å². The second kappa shape index (κ2) is 5.16. The highest BCUT2D eigenvalue weighted by atomic mass is 19.1. The minimum atomic E-state index is -0.674. The Labute approximate surface area is 119 Å². The number of nitrogens with two attached hydrogens (primary N) is 2. The Bertz CT molecular complexity index is 801. The van der Waals surface area contributed by atoms with Crippen LogP contribution in [0.4, 0.5) is 14.5 Å². The van der Waals surface area contributed by atoms with E-state index in [9.17, 15) is 8.78 Å². The first-order valence-electron chi connectivity index (χ1n) is 6.29. The number of benzene rings is 2. The fourth-order valence-corrected chi connectivity index (χ4v) is 2.31. The molecule has 0 aliphatic carbocycles. The molecule has 1 heterocycles. The van der Waals surface area contributed by atoms with Crippen molar-refractivity contribution in [1.82, 2.24) is 5.43 Å². The van der Waals surface area contributed by atoms with E-state index in [1.807, 2.05) is 0 Å². The molecule has 6 heteroatoms. The van der Waals surface area contributed by atoms with E-state index in [1.165, 1.54) is 24.3 Å². The Morgan fingerprint density at radius 3 is 2.62 bits per heavy atom. The van der Waals surface area contributed by atoms with Crippen molar-refractivity contribution in [3.8, 4) is 0 Å². The number of furan rings is 1. The van der Waals surface area contributed by atoms with Gasteiger partial charge in [-0.1, -0.05) is 12.1 Å². The van der Waals surface area contributed by atoms with Crippen molar-refractivity contribution in [2.45, 2.75) is 6.04 Å². The average Bonchev–Trinajstić information content (AvgIpc) is 2.89. The molecule has 108 valence electrons. The largest absolute Gasteiger partial charge is 0.456 e. The number of para-hydroxylation sites is 1. The van der Waals surface area contributed by atoms with Gasteiger partial charge in [-0.2, -0.15) is 0 Å². The summed E-state index contributed by atoms with van der Waals surface area (Å²) in [5.41, 5.74) is 9.29. The second-order valence-corrected chi connectivity index (χ2v) is 4.68. The lowest BCUT2D eigenvalue weighted by Crippen LogP contribution is -2.29. The standard InChI is InChI=1S/C15H13F2N3O/c16-9-4-5-12(18)10(7-9)14(20-19)13-6-8-2-1-3-11(17)15(8)21-13/h1-7,14,20H,18-19H2. The first-order chi connectivity index (χ1) is 10.1. The fraction of sp³-hybridized carbons (Fsp3) is 0.0667. The van der Waals surface area contributed by atoms with Gasteiger partial charge in [0.1, 0.15) is 17.6 Å². The smallest absolute Gasteiger partial charge is 0.169 e. The van der Waals surface area contributed by atoms with Crippen LogP contribution in [0.15, 0.2) is 46.9 Å². The molecule has 3 aromatic rings. The quantitative estimate of drug-likeness (QED) is 0.393. The Morgan fingerprint density at radius 1 is 1.10 bits per heavy atom. The fourth-order valence-electron chi connectivity index (χ4n) is 2.31. The van der Waals surface area contributed by atoms with Gasteiger partial charge in [0.25, 0.3) is 0 Å². The van der Waals surface area contributed by atoms with Crippen molar-refractivity contribution in [3.63, 3.8) is 0 Å². The van der Waals surface area contributed by atoms with Gasteiger partial charge in [0.2, 0.25) is 0 Å². The number of nitrogen functional groups attached to an aromatic ring is 1. The van der Waals surface area contributed by atoms with Crippen molar-refractivity contribution in [3.05, 3.63) is 65.4 Å². The molecule has 0 saturated carbocycles. The van der Waals surface area contributed by atoms with Gasteiger partial charge in [-0.3, -0.25) is 5.84 Å². The van der Waals surface area contributed by atoms with Crippen LogP contribution in [0.5, 0.6) is 0 Å². The van der Waals surface area contributed by atoms with Crippen molar-refractivity contribution in [2.24, 2.45) is 5.84 Å². The second-order valence-electron chi connectivity index (χ2n) is 4.68. The van der Waals surface area contributed by atoms with Crippen molar-refractivity contribution >= 4 is 16.7 Å². The highest BCUT2D eigenvalue weighted by molar-refractivity contribution is 5.78. The van der Waals surface area contributed by atoms with Crippen LogP contribution in [0.1, 0.15) is 17.4 Å². The third kappa shape index (κ3) is 2.35. The van der Waals surface area contributed by atoms with Gasteiger partial charge >= 0.3 is 0 Å². The first kappa shape index (κ1) is 13.5. The van der Waals surface area contributed by atoms with Crippen molar-refractivity contribution < 1.29 is 13.2 Å². The van der Waals surface area contributed by atoms with Crippen LogP contribution in [0, 0.1) is 11.6 Å². The Hall–Kier alpha value is -2.44. The van der Waals surface area contributed by atoms with Crippen LogP contribution >= 0.6 is 0 Å². The number of hydrazine groups is 1. The molecule has 0 aliphatic heterocycles. The molecule has 0 radical (unpaired) electrons. The predicted octanol–water partition coefficient (Wildman–Crippen LogP) is 2.85. The normalized spacial score (nSPS) is 12.7. The highest BCUT2D eigenvalue weighted by Gasteiger charge is 2.21. The number of hydrogen-bond donors (Lipinski definition) is 3. The first-order valence-corrected chi connectivity index (χ1v) is 6.29. The topological polar surface area (TPSA) is 77.2 Å². The predicted molar refractivity (Wildman–Crippen MR) is 76.2 cm³/mol. The Balaban J connectivity index is 2.13. The summed E-state index contributed by atoms with van der Waals surface area (Å²) in [5.74, 6) is 4.98. The van der Waals surface area contributed by atoms with Crippen LogP contribution in [0.2, 0.25) is 0 Å². The van der Waals surface area contributed by atoms with Gasteiger partial charge in [-0.15, -0.1) is 0 Å². The molecule has 21 heavy (non-hydrogen) atoms. The molecule has 3 rings (SSSR count). The summed E-state index contributed by atoms with van der Waals surface area (Å²) in [6.45, 7) is 0. The van der Waals surface area contributed by atoms with Crippen LogP contribution < -0.4 is 17.0 Å². The van der Waals surface area contributed by atoms with Crippen LogP contribution in [0.3, 0.4) is 0 Å². The van der Waals surface area contributed by atoms with Crippen molar-refractivity contribution in [2.75, 3.05) is 5.73 Å². The number of anilines is 1. The molecule has 2 aromatic carbocycles. The number of fused-ring (bicyclic) bond motifs is 1.